The van der Waals surface area contributed by atoms with E-state index in [1.54, 1.807) is 11.5 Å². The van der Waals surface area contributed by atoms with E-state index in [-0.39, 0.29) is 6.42 Å². The molecular weight excluding hydrogens is 310 g/mol. The average Bonchev–Trinajstić information content (AvgIpc) is 3.04. The zero-order valence-corrected chi connectivity index (χ0v) is 13.0. The minimum atomic E-state index is -0.433. The van der Waals surface area contributed by atoms with Gasteiger partial charge in [0.2, 0.25) is 11.8 Å². The Morgan fingerprint density at radius 1 is 1.43 bits per heavy atom. The maximum atomic E-state index is 11.2. The Morgan fingerprint density at radius 2 is 2.19 bits per heavy atom. The van der Waals surface area contributed by atoms with Crippen molar-refractivity contribution in [2.45, 2.75) is 30.3 Å². The molecule has 0 saturated carbocycles. The van der Waals surface area contributed by atoms with Crippen molar-refractivity contribution in [1.29, 1.82) is 0 Å². The average molecular weight is 325 g/mol. The molecule has 0 aliphatic heterocycles. The van der Waals surface area contributed by atoms with Crippen LogP contribution in [-0.2, 0) is 16.1 Å². The number of hydrogen-bond acceptors (Lipinski definition) is 6. The lowest BCUT2D eigenvalue weighted by molar-refractivity contribution is -0.118. The van der Waals surface area contributed by atoms with E-state index in [0.717, 1.165) is 4.88 Å². The van der Waals surface area contributed by atoms with Crippen molar-refractivity contribution < 1.29 is 9.59 Å². The molecule has 0 spiro atoms. The van der Waals surface area contributed by atoms with E-state index in [0.29, 0.717) is 17.5 Å². The summed E-state index contributed by atoms with van der Waals surface area (Å²) in [5.41, 5.74) is 10.5. The van der Waals surface area contributed by atoms with Gasteiger partial charge in [-0.25, -0.2) is 0 Å². The Bertz CT molecular complexity index is 638. The Kier molecular flexibility index (Phi) is 4.97. The fourth-order valence-corrected chi connectivity index (χ4v) is 3.15. The first kappa shape index (κ1) is 15.5. The van der Waals surface area contributed by atoms with Gasteiger partial charge in [-0.05, 0) is 18.4 Å². The summed E-state index contributed by atoms with van der Waals surface area (Å²) in [5, 5.41) is 10.3. The molecule has 9 heteroatoms. The summed E-state index contributed by atoms with van der Waals surface area (Å²) in [5.74, 6) is -0.174. The van der Waals surface area contributed by atoms with E-state index in [2.05, 4.69) is 10.2 Å². The van der Waals surface area contributed by atoms with Crippen LogP contribution in [0.4, 0.5) is 0 Å². The Balaban J connectivity index is 2.31. The number of amides is 2. The van der Waals surface area contributed by atoms with Crippen molar-refractivity contribution in [2.75, 3.05) is 0 Å². The molecule has 112 valence electrons. The van der Waals surface area contributed by atoms with Crippen LogP contribution in [0.2, 0.25) is 0 Å². The Labute approximate surface area is 129 Å². The summed E-state index contributed by atoms with van der Waals surface area (Å²) in [7, 11) is 0. The fourth-order valence-electron chi connectivity index (χ4n) is 1.60. The van der Waals surface area contributed by atoms with Crippen molar-refractivity contribution >= 4 is 34.9 Å². The van der Waals surface area contributed by atoms with E-state index in [1.807, 2.05) is 17.5 Å². The highest BCUT2D eigenvalue weighted by molar-refractivity contribution is 8.00. The third kappa shape index (κ3) is 3.82. The van der Waals surface area contributed by atoms with E-state index in [9.17, 15) is 9.59 Å². The van der Waals surface area contributed by atoms with Crippen LogP contribution < -0.4 is 11.5 Å². The van der Waals surface area contributed by atoms with Crippen molar-refractivity contribution in [1.82, 2.24) is 14.8 Å². The van der Waals surface area contributed by atoms with Crippen LogP contribution in [0, 0.1) is 0 Å². The van der Waals surface area contributed by atoms with Gasteiger partial charge in [-0.2, -0.15) is 0 Å². The quantitative estimate of drug-likeness (QED) is 0.732. The van der Waals surface area contributed by atoms with Crippen LogP contribution in [0.25, 0.3) is 10.7 Å². The van der Waals surface area contributed by atoms with Gasteiger partial charge >= 0.3 is 0 Å². The number of primary amides is 2. The molecule has 21 heavy (non-hydrogen) atoms. The second-order valence-corrected chi connectivity index (χ2v) is 6.57. The second-order valence-electron chi connectivity index (χ2n) is 4.31. The molecule has 0 aromatic carbocycles. The summed E-state index contributed by atoms with van der Waals surface area (Å²) < 4.78 is 1.79. The zero-order chi connectivity index (χ0) is 15.4. The standard InChI is InChI=1S/C12H15N5O2S2/c1-7(10(14)19)21-12-16-15-11(8-3-2-6-20-8)17(12)5-4-9(13)18/h2-3,6-7H,4-5H2,1H3,(H2,13,18)(H2,14,19). The molecule has 2 amide bonds. The lowest BCUT2D eigenvalue weighted by Gasteiger charge is -2.10. The number of aromatic nitrogens is 3. The molecule has 0 bridgehead atoms. The largest absolute Gasteiger partial charge is 0.370 e. The first-order valence-corrected chi connectivity index (χ1v) is 7.96. The molecule has 0 aliphatic carbocycles. The first-order valence-electron chi connectivity index (χ1n) is 6.20. The molecule has 1 unspecified atom stereocenters. The zero-order valence-electron chi connectivity index (χ0n) is 11.4. The monoisotopic (exact) mass is 325 g/mol. The summed E-state index contributed by atoms with van der Waals surface area (Å²) in [6, 6.07) is 3.83. The number of carbonyl (C=O) groups excluding carboxylic acids is 2. The molecule has 2 rings (SSSR count). The molecule has 0 aliphatic rings. The molecule has 2 heterocycles. The van der Waals surface area contributed by atoms with Crippen molar-refractivity contribution in [3.8, 4) is 10.7 Å². The van der Waals surface area contributed by atoms with Crippen LogP contribution in [0.15, 0.2) is 22.7 Å². The van der Waals surface area contributed by atoms with Crippen molar-refractivity contribution in [2.24, 2.45) is 11.5 Å². The summed E-state index contributed by atoms with van der Waals surface area (Å²) >= 11 is 2.74. The molecule has 2 aromatic rings. The highest BCUT2D eigenvalue weighted by Crippen LogP contribution is 2.29. The van der Waals surface area contributed by atoms with Crippen LogP contribution >= 0.6 is 23.1 Å². The number of thioether (sulfide) groups is 1. The maximum Gasteiger partial charge on any atom is 0.230 e. The highest BCUT2D eigenvalue weighted by Gasteiger charge is 2.19. The number of hydrogen-bond donors (Lipinski definition) is 2. The van der Waals surface area contributed by atoms with Gasteiger partial charge in [-0.15, -0.1) is 21.5 Å². The van der Waals surface area contributed by atoms with Gasteiger partial charge < -0.3 is 16.0 Å². The van der Waals surface area contributed by atoms with E-state index in [1.165, 1.54) is 23.1 Å². The summed E-state index contributed by atoms with van der Waals surface area (Å²) in [6.07, 6.45) is 0.176. The van der Waals surface area contributed by atoms with Crippen LogP contribution in [0.3, 0.4) is 0 Å². The fraction of sp³-hybridized carbons (Fsp3) is 0.333. The summed E-state index contributed by atoms with van der Waals surface area (Å²) in [6.45, 7) is 2.06. The minimum absolute atomic E-state index is 0.176. The molecule has 0 fully saturated rings. The number of rotatable bonds is 7. The molecule has 0 radical (unpaired) electrons. The van der Waals surface area contributed by atoms with E-state index >= 15 is 0 Å². The smallest absolute Gasteiger partial charge is 0.230 e. The number of nitrogens with zero attached hydrogens (tertiary/aromatic N) is 3. The number of thiophene rings is 1. The highest BCUT2D eigenvalue weighted by atomic mass is 32.2. The van der Waals surface area contributed by atoms with Gasteiger partial charge in [0.15, 0.2) is 11.0 Å². The SMILES string of the molecule is CC(Sc1nnc(-c2cccs2)n1CCC(N)=O)C(N)=O. The van der Waals surface area contributed by atoms with E-state index in [4.69, 9.17) is 11.5 Å². The molecular formula is C12H15N5O2S2. The third-order valence-corrected chi connectivity index (χ3v) is 4.69. The topological polar surface area (TPSA) is 117 Å². The number of nitrogens with two attached hydrogens (primary N) is 2. The third-order valence-electron chi connectivity index (χ3n) is 2.72. The minimum Gasteiger partial charge on any atom is -0.370 e. The molecule has 4 N–H and O–H groups in total. The normalized spacial score (nSPS) is 12.2. The van der Waals surface area contributed by atoms with Gasteiger partial charge in [0.05, 0.1) is 10.1 Å². The van der Waals surface area contributed by atoms with Crippen molar-refractivity contribution in [3.63, 3.8) is 0 Å². The van der Waals surface area contributed by atoms with Gasteiger partial charge in [0.25, 0.3) is 0 Å². The molecule has 0 saturated heterocycles. The van der Waals surface area contributed by atoms with Crippen LogP contribution in [0.1, 0.15) is 13.3 Å². The Morgan fingerprint density at radius 3 is 2.76 bits per heavy atom. The van der Waals surface area contributed by atoms with Gasteiger partial charge in [0, 0.05) is 13.0 Å². The molecule has 7 nitrogen and oxygen atoms in total. The second kappa shape index (κ2) is 6.72. The predicted octanol–water partition coefficient (Wildman–Crippen LogP) is 0.848. The molecule has 2 aromatic heterocycles. The lowest BCUT2D eigenvalue weighted by Crippen LogP contribution is -2.23. The first-order chi connectivity index (χ1) is 9.99. The Hall–Kier alpha value is -1.87. The predicted molar refractivity (Wildman–Crippen MR) is 81.7 cm³/mol. The van der Waals surface area contributed by atoms with Crippen LogP contribution in [0.5, 0.6) is 0 Å². The van der Waals surface area contributed by atoms with Crippen molar-refractivity contribution in [3.05, 3.63) is 17.5 Å². The van der Waals surface area contributed by atoms with Gasteiger partial charge in [-0.1, -0.05) is 17.8 Å². The number of carbonyl (C=O) groups is 2. The van der Waals surface area contributed by atoms with Gasteiger partial charge in [-0.3, -0.25) is 9.59 Å². The van der Waals surface area contributed by atoms with Gasteiger partial charge in [0.1, 0.15) is 0 Å². The maximum absolute atomic E-state index is 11.2. The van der Waals surface area contributed by atoms with Crippen LogP contribution in [-0.4, -0.2) is 31.8 Å². The molecule has 1 atom stereocenters. The van der Waals surface area contributed by atoms with E-state index < -0.39 is 17.1 Å². The lowest BCUT2D eigenvalue weighted by atomic mass is 10.4. The summed E-state index contributed by atoms with van der Waals surface area (Å²) in [4.78, 5) is 23.1.